The zero-order valence-corrected chi connectivity index (χ0v) is 17.8. The SMILES string of the molecule is C[C@H](CN(C(=O)O)C(C)(C)C)Oc1cccc(OCC2CCCCC2)c1.Cl. The number of rotatable bonds is 7. The van der Waals surface area contributed by atoms with Crippen molar-refractivity contribution in [3.8, 4) is 11.5 Å². The normalized spacial score (nSPS) is 16.1. The minimum absolute atomic E-state index is 0. The molecule has 0 heterocycles. The highest BCUT2D eigenvalue weighted by molar-refractivity contribution is 5.85. The number of hydrogen-bond acceptors (Lipinski definition) is 3. The number of nitrogens with zero attached hydrogens (tertiary/aromatic N) is 1. The molecular weight excluding hydrogens is 366 g/mol. The molecule has 1 aliphatic rings. The van der Waals surface area contributed by atoms with E-state index in [-0.39, 0.29) is 18.5 Å². The van der Waals surface area contributed by atoms with Crippen LogP contribution >= 0.6 is 12.4 Å². The molecule has 5 nitrogen and oxygen atoms in total. The van der Waals surface area contributed by atoms with Crippen LogP contribution in [0.25, 0.3) is 0 Å². The van der Waals surface area contributed by atoms with Gasteiger partial charge in [0, 0.05) is 11.6 Å². The predicted octanol–water partition coefficient (Wildman–Crippen LogP) is 5.61. The van der Waals surface area contributed by atoms with E-state index in [2.05, 4.69) is 0 Å². The fraction of sp³-hybridized carbons (Fsp3) is 0.667. The van der Waals surface area contributed by atoms with E-state index in [1.54, 1.807) is 0 Å². The number of hydrogen-bond donors (Lipinski definition) is 1. The molecule has 154 valence electrons. The second-order valence-electron chi connectivity index (χ2n) is 8.28. The summed E-state index contributed by atoms with van der Waals surface area (Å²) in [4.78, 5) is 12.9. The largest absolute Gasteiger partial charge is 0.493 e. The smallest absolute Gasteiger partial charge is 0.407 e. The van der Waals surface area contributed by atoms with Crippen molar-refractivity contribution < 1.29 is 19.4 Å². The Kier molecular flexibility index (Phi) is 9.23. The van der Waals surface area contributed by atoms with E-state index in [0.29, 0.717) is 18.2 Å². The molecule has 27 heavy (non-hydrogen) atoms. The van der Waals surface area contributed by atoms with Crippen molar-refractivity contribution in [1.29, 1.82) is 0 Å². The van der Waals surface area contributed by atoms with E-state index in [9.17, 15) is 9.90 Å². The standard InChI is InChI=1S/C21H33NO4.ClH/c1-16(14-22(20(23)24)21(2,3)4)26-19-12-8-11-18(13-19)25-15-17-9-6-5-7-10-17;/h8,11-13,16-17H,5-7,9-10,14-15H2,1-4H3,(H,23,24);1H/t16-;/m1./s1. The lowest BCUT2D eigenvalue weighted by Gasteiger charge is -2.35. The predicted molar refractivity (Wildman–Crippen MR) is 110 cm³/mol. The maximum Gasteiger partial charge on any atom is 0.407 e. The van der Waals surface area contributed by atoms with Gasteiger partial charge in [-0.05, 0) is 58.6 Å². The number of benzene rings is 1. The number of amides is 1. The first-order chi connectivity index (χ1) is 12.3. The average Bonchev–Trinajstić information content (AvgIpc) is 2.58. The van der Waals surface area contributed by atoms with E-state index in [0.717, 1.165) is 12.4 Å². The molecule has 0 unspecified atom stereocenters. The Morgan fingerprint density at radius 1 is 1.22 bits per heavy atom. The van der Waals surface area contributed by atoms with Crippen LogP contribution in [0.5, 0.6) is 11.5 Å². The van der Waals surface area contributed by atoms with E-state index in [4.69, 9.17) is 9.47 Å². The van der Waals surface area contributed by atoms with Gasteiger partial charge in [-0.25, -0.2) is 4.79 Å². The van der Waals surface area contributed by atoms with Gasteiger partial charge in [0.1, 0.15) is 17.6 Å². The molecule has 1 atom stereocenters. The Balaban J connectivity index is 0.00000364. The molecular formula is C21H34ClNO4. The lowest BCUT2D eigenvalue weighted by molar-refractivity contribution is 0.0695. The molecule has 1 aliphatic carbocycles. The second kappa shape index (κ2) is 10.6. The van der Waals surface area contributed by atoms with Crippen LogP contribution in [0, 0.1) is 5.92 Å². The van der Waals surface area contributed by atoms with Crippen LogP contribution in [0.1, 0.15) is 59.8 Å². The van der Waals surface area contributed by atoms with Gasteiger partial charge < -0.3 is 14.6 Å². The fourth-order valence-corrected chi connectivity index (χ4v) is 3.37. The molecule has 0 aliphatic heterocycles. The van der Waals surface area contributed by atoms with Gasteiger partial charge in [0.05, 0.1) is 13.2 Å². The molecule has 1 aromatic rings. The van der Waals surface area contributed by atoms with Gasteiger partial charge >= 0.3 is 6.09 Å². The lowest BCUT2D eigenvalue weighted by atomic mass is 9.90. The van der Waals surface area contributed by atoms with Gasteiger partial charge in [0.2, 0.25) is 0 Å². The third-order valence-corrected chi connectivity index (χ3v) is 4.83. The van der Waals surface area contributed by atoms with Crippen LogP contribution in [-0.2, 0) is 0 Å². The monoisotopic (exact) mass is 399 g/mol. The van der Waals surface area contributed by atoms with Crippen molar-refractivity contribution in [2.24, 2.45) is 5.92 Å². The summed E-state index contributed by atoms with van der Waals surface area (Å²) in [5, 5.41) is 9.41. The van der Waals surface area contributed by atoms with Crippen LogP contribution < -0.4 is 9.47 Å². The summed E-state index contributed by atoms with van der Waals surface area (Å²) in [5.74, 6) is 2.17. The topological polar surface area (TPSA) is 59.0 Å². The van der Waals surface area contributed by atoms with Crippen molar-refractivity contribution >= 4 is 18.5 Å². The lowest BCUT2D eigenvalue weighted by Crippen LogP contribution is -2.49. The molecule has 0 bridgehead atoms. The summed E-state index contributed by atoms with van der Waals surface area (Å²) in [6, 6.07) is 7.63. The van der Waals surface area contributed by atoms with E-state index in [1.165, 1.54) is 37.0 Å². The van der Waals surface area contributed by atoms with Gasteiger partial charge in [-0.2, -0.15) is 0 Å². The highest BCUT2D eigenvalue weighted by Gasteiger charge is 2.28. The van der Waals surface area contributed by atoms with Gasteiger partial charge in [0.15, 0.2) is 0 Å². The summed E-state index contributed by atoms with van der Waals surface area (Å²) >= 11 is 0. The Hall–Kier alpha value is -1.62. The first-order valence-electron chi connectivity index (χ1n) is 9.66. The van der Waals surface area contributed by atoms with Crippen molar-refractivity contribution in [3.05, 3.63) is 24.3 Å². The van der Waals surface area contributed by atoms with E-state index >= 15 is 0 Å². The van der Waals surface area contributed by atoms with Crippen molar-refractivity contribution in [3.63, 3.8) is 0 Å². The molecule has 1 aromatic carbocycles. The first kappa shape index (κ1) is 23.4. The Labute approximate surface area is 169 Å². The minimum Gasteiger partial charge on any atom is -0.493 e. The zero-order valence-electron chi connectivity index (χ0n) is 16.9. The quantitative estimate of drug-likeness (QED) is 0.647. The number of ether oxygens (including phenoxy) is 2. The highest BCUT2D eigenvalue weighted by atomic mass is 35.5. The number of carboxylic acid groups (broad SMARTS) is 1. The Bertz CT molecular complexity index is 582. The van der Waals surface area contributed by atoms with Crippen molar-refractivity contribution in [2.75, 3.05) is 13.2 Å². The zero-order chi connectivity index (χ0) is 19.2. The Morgan fingerprint density at radius 2 is 1.85 bits per heavy atom. The van der Waals surface area contributed by atoms with E-state index < -0.39 is 11.6 Å². The maximum absolute atomic E-state index is 11.5. The molecule has 0 spiro atoms. The van der Waals surface area contributed by atoms with Crippen LogP contribution in [0.3, 0.4) is 0 Å². The third kappa shape index (κ3) is 7.87. The van der Waals surface area contributed by atoms with E-state index in [1.807, 2.05) is 52.0 Å². The number of halogens is 1. The molecule has 2 rings (SSSR count). The summed E-state index contributed by atoms with van der Waals surface area (Å²) in [5.41, 5.74) is -0.464. The van der Waals surface area contributed by atoms with Crippen LogP contribution in [0.15, 0.2) is 24.3 Å². The summed E-state index contributed by atoms with van der Waals surface area (Å²) < 4.78 is 11.9. The summed E-state index contributed by atoms with van der Waals surface area (Å²) in [6.07, 6.45) is 5.29. The maximum atomic E-state index is 11.5. The van der Waals surface area contributed by atoms with Gasteiger partial charge in [0.25, 0.3) is 0 Å². The van der Waals surface area contributed by atoms with Crippen molar-refractivity contribution in [1.82, 2.24) is 4.90 Å². The van der Waals surface area contributed by atoms with Gasteiger partial charge in [-0.1, -0.05) is 25.3 Å². The van der Waals surface area contributed by atoms with Crippen LogP contribution in [0.4, 0.5) is 4.79 Å². The number of carbonyl (C=O) groups is 1. The third-order valence-electron chi connectivity index (χ3n) is 4.83. The molecule has 1 saturated carbocycles. The molecule has 0 radical (unpaired) electrons. The highest BCUT2D eigenvalue weighted by Crippen LogP contribution is 2.26. The van der Waals surface area contributed by atoms with Crippen LogP contribution in [-0.4, -0.2) is 40.9 Å². The molecule has 1 fully saturated rings. The van der Waals surface area contributed by atoms with Crippen LogP contribution in [0.2, 0.25) is 0 Å². The molecule has 6 heteroatoms. The molecule has 1 N–H and O–H groups in total. The summed E-state index contributed by atoms with van der Waals surface area (Å²) in [7, 11) is 0. The molecule has 0 saturated heterocycles. The first-order valence-corrected chi connectivity index (χ1v) is 9.66. The molecule has 0 aromatic heterocycles. The van der Waals surface area contributed by atoms with Gasteiger partial charge in [-0.15, -0.1) is 12.4 Å². The molecule has 1 amide bonds. The van der Waals surface area contributed by atoms with Gasteiger partial charge in [-0.3, -0.25) is 4.90 Å². The summed E-state index contributed by atoms with van der Waals surface area (Å²) in [6.45, 7) is 8.60. The Morgan fingerprint density at radius 3 is 2.44 bits per heavy atom. The minimum atomic E-state index is -0.933. The fourth-order valence-electron chi connectivity index (χ4n) is 3.37. The van der Waals surface area contributed by atoms with Crippen molar-refractivity contribution in [2.45, 2.75) is 71.4 Å². The average molecular weight is 400 g/mol. The second-order valence-corrected chi connectivity index (χ2v) is 8.28.